The van der Waals surface area contributed by atoms with Crippen LogP contribution in [-0.4, -0.2) is 29.4 Å². The first-order chi connectivity index (χ1) is 11.1. The van der Waals surface area contributed by atoms with E-state index >= 15 is 0 Å². The zero-order valence-corrected chi connectivity index (χ0v) is 12.5. The number of aromatic hydroxyl groups is 1. The van der Waals surface area contributed by atoms with E-state index in [-0.39, 0.29) is 12.4 Å². The Morgan fingerprint density at radius 2 is 1.87 bits per heavy atom. The van der Waals surface area contributed by atoms with E-state index in [1.54, 1.807) is 43.3 Å². The van der Waals surface area contributed by atoms with Crippen molar-refractivity contribution in [1.82, 2.24) is 5.43 Å². The number of amides is 1. The predicted molar refractivity (Wildman–Crippen MR) is 84.8 cm³/mol. The number of nitrogens with zero attached hydrogens (tertiary/aromatic N) is 1. The molecule has 23 heavy (non-hydrogen) atoms. The second kappa shape index (κ2) is 6.39. The van der Waals surface area contributed by atoms with Crippen LogP contribution in [-0.2, 0) is 4.79 Å². The minimum Gasteiger partial charge on any atom is -0.507 e. The Labute approximate surface area is 133 Å². The fraction of sp³-hybridized carbons (Fsp3) is 0.176. The smallest absolute Gasteiger partial charge is 0.284 e. The molecule has 6 nitrogen and oxygen atoms in total. The van der Waals surface area contributed by atoms with Crippen molar-refractivity contribution in [3.63, 3.8) is 0 Å². The summed E-state index contributed by atoms with van der Waals surface area (Å²) >= 11 is 0. The molecule has 1 amide bonds. The Balaban J connectivity index is 1.66. The normalized spacial score (nSPS) is 16.7. The van der Waals surface area contributed by atoms with Gasteiger partial charge in [-0.15, -0.1) is 0 Å². The molecule has 1 aliphatic heterocycles. The molecule has 0 unspecified atom stereocenters. The van der Waals surface area contributed by atoms with Crippen LogP contribution in [0.5, 0.6) is 17.2 Å². The summed E-state index contributed by atoms with van der Waals surface area (Å²) in [7, 11) is 0. The van der Waals surface area contributed by atoms with E-state index in [1.165, 1.54) is 0 Å². The zero-order chi connectivity index (χ0) is 16.2. The van der Waals surface area contributed by atoms with Gasteiger partial charge in [0.15, 0.2) is 11.5 Å². The predicted octanol–water partition coefficient (Wildman–Crippen LogP) is 2.07. The summed E-state index contributed by atoms with van der Waals surface area (Å²) in [6.45, 7) is 1.82. The maximum atomic E-state index is 12.1. The van der Waals surface area contributed by atoms with Crippen LogP contribution in [0.3, 0.4) is 0 Å². The topological polar surface area (TPSA) is 80.2 Å². The highest BCUT2D eigenvalue weighted by Crippen LogP contribution is 2.30. The Bertz CT molecular complexity index is 758. The number of hydrogen-bond donors (Lipinski definition) is 2. The molecule has 0 saturated heterocycles. The largest absolute Gasteiger partial charge is 0.507 e. The molecule has 0 spiro atoms. The van der Waals surface area contributed by atoms with Crippen molar-refractivity contribution in [2.75, 3.05) is 6.61 Å². The average Bonchev–Trinajstić information content (AvgIpc) is 2.59. The highest BCUT2D eigenvalue weighted by molar-refractivity contribution is 6.01. The molecule has 0 aliphatic carbocycles. The van der Waals surface area contributed by atoms with E-state index < -0.39 is 12.0 Å². The minimum absolute atomic E-state index is 0.106. The monoisotopic (exact) mass is 312 g/mol. The maximum Gasteiger partial charge on any atom is 0.284 e. The SMILES string of the molecule is C/C(=N\NC(=O)[C@H]1COc2ccccc2O1)c1ccccc1O. The van der Waals surface area contributed by atoms with Crippen LogP contribution in [0.25, 0.3) is 0 Å². The molecule has 0 aromatic heterocycles. The van der Waals surface area contributed by atoms with E-state index in [1.807, 2.05) is 12.1 Å². The van der Waals surface area contributed by atoms with Crippen molar-refractivity contribution in [1.29, 1.82) is 0 Å². The summed E-state index contributed by atoms with van der Waals surface area (Å²) in [6, 6.07) is 13.9. The van der Waals surface area contributed by atoms with Crippen molar-refractivity contribution < 1.29 is 19.4 Å². The summed E-state index contributed by atoms with van der Waals surface area (Å²) < 4.78 is 11.1. The maximum absolute atomic E-state index is 12.1. The van der Waals surface area contributed by atoms with Gasteiger partial charge in [-0.3, -0.25) is 4.79 Å². The van der Waals surface area contributed by atoms with E-state index in [4.69, 9.17) is 9.47 Å². The Morgan fingerprint density at radius 1 is 1.17 bits per heavy atom. The van der Waals surface area contributed by atoms with Gasteiger partial charge in [-0.1, -0.05) is 24.3 Å². The average molecular weight is 312 g/mol. The number of carbonyl (C=O) groups is 1. The Hall–Kier alpha value is -3.02. The molecule has 1 atom stereocenters. The van der Waals surface area contributed by atoms with Gasteiger partial charge in [0, 0.05) is 5.56 Å². The molecule has 2 N–H and O–H groups in total. The van der Waals surface area contributed by atoms with Crippen LogP contribution >= 0.6 is 0 Å². The lowest BCUT2D eigenvalue weighted by Gasteiger charge is -2.24. The molecule has 1 aliphatic rings. The lowest BCUT2D eigenvalue weighted by molar-refractivity contribution is -0.130. The molecule has 3 rings (SSSR count). The molecule has 6 heteroatoms. The highest BCUT2D eigenvalue weighted by Gasteiger charge is 2.27. The molecule has 1 heterocycles. The van der Waals surface area contributed by atoms with Crippen molar-refractivity contribution >= 4 is 11.6 Å². The van der Waals surface area contributed by atoms with Crippen LogP contribution in [0, 0.1) is 0 Å². The van der Waals surface area contributed by atoms with Gasteiger partial charge in [0.2, 0.25) is 6.10 Å². The van der Waals surface area contributed by atoms with Crippen molar-refractivity contribution in [2.24, 2.45) is 5.10 Å². The molecule has 118 valence electrons. The number of hydrazone groups is 1. The van der Waals surface area contributed by atoms with E-state index in [9.17, 15) is 9.90 Å². The number of hydrogen-bond acceptors (Lipinski definition) is 5. The first-order valence-corrected chi connectivity index (χ1v) is 7.16. The standard InChI is InChI=1S/C17H16N2O4/c1-11(12-6-2-3-7-13(12)20)18-19-17(21)16-10-22-14-8-4-5-9-15(14)23-16/h2-9,16,20H,10H2,1H3,(H,19,21)/b18-11+/t16-/m1/s1. The second-order valence-electron chi connectivity index (χ2n) is 5.05. The summed E-state index contributed by atoms with van der Waals surface area (Å²) in [5, 5.41) is 13.8. The van der Waals surface area contributed by atoms with Crippen LogP contribution in [0.4, 0.5) is 0 Å². The van der Waals surface area contributed by atoms with Crippen molar-refractivity contribution in [3.05, 3.63) is 54.1 Å². The summed E-state index contributed by atoms with van der Waals surface area (Å²) in [6.07, 6.45) is -0.772. The number of fused-ring (bicyclic) bond motifs is 1. The fourth-order valence-electron chi connectivity index (χ4n) is 2.20. The third-order valence-corrected chi connectivity index (χ3v) is 3.43. The van der Waals surface area contributed by atoms with E-state index in [0.29, 0.717) is 22.8 Å². The second-order valence-corrected chi connectivity index (χ2v) is 5.05. The van der Waals surface area contributed by atoms with Gasteiger partial charge in [-0.25, -0.2) is 5.43 Å². The van der Waals surface area contributed by atoms with E-state index in [2.05, 4.69) is 10.5 Å². The number of ether oxygens (including phenoxy) is 2. The van der Waals surface area contributed by atoms with Crippen molar-refractivity contribution in [3.8, 4) is 17.2 Å². The van der Waals surface area contributed by atoms with Crippen LogP contribution in [0.1, 0.15) is 12.5 Å². The zero-order valence-electron chi connectivity index (χ0n) is 12.5. The Morgan fingerprint density at radius 3 is 2.65 bits per heavy atom. The third-order valence-electron chi connectivity index (χ3n) is 3.43. The fourth-order valence-corrected chi connectivity index (χ4v) is 2.20. The molecule has 0 radical (unpaired) electrons. The van der Waals surface area contributed by atoms with Gasteiger partial charge in [-0.05, 0) is 31.2 Å². The van der Waals surface area contributed by atoms with Gasteiger partial charge in [0.25, 0.3) is 5.91 Å². The number of phenolic OH excluding ortho intramolecular Hbond substituents is 1. The molecule has 2 aromatic carbocycles. The van der Waals surface area contributed by atoms with E-state index in [0.717, 1.165) is 0 Å². The molecular weight excluding hydrogens is 296 g/mol. The van der Waals surface area contributed by atoms with Gasteiger partial charge < -0.3 is 14.6 Å². The lowest BCUT2D eigenvalue weighted by atomic mass is 10.1. The number of rotatable bonds is 3. The number of carbonyl (C=O) groups excluding carboxylic acids is 1. The molecular formula is C17H16N2O4. The quantitative estimate of drug-likeness (QED) is 0.671. The van der Waals surface area contributed by atoms with Crippen LogP contribution < -0.4 is 14.9 Å². The number of phenols is 1. The first kappa shape index (κ1) is 14.9. The Kier molecular flexibility index (Phi) is 4.14. The first-order valence-electron chi connectivity index (χ1n) is 7.16. The molecule has 0 bridgehead atoms. The van der Waals surface area contributed by atoms with Crippen molar-refractivity contribution in [2.45, 2.75) is 13.0 Å². The summed E-state index contributed by atoms with van der Waals surface area (Å²) in [5.41, 5.74) is 3.49. The molecule has 2 aromatic rings. The van der Waals surface area contributed by atoms with Crippen LogP contribution in [0.15, 0.2) is 53.6 Å². The lowest BCUT2D eigenvalue weighted by Crippen LogP contribution is -2.42. The molecule has 0 fully saturated rings. The van der Waals surface area contributed by atoms with Gasteiger partial charge in [0.05, 0.1) is 5.71 Å². The number of nitrogens with one attached hydrogen (secondary N) is 1. The molecule has 0 saturated carbocycles. The number of para-hydroxylation sites is 3. The van der Waals surface area contributed by atoms with Gasteiger partial charge in [0.1, 0.15) is 12.4 Å². The number of benzene rings is 2. The summed E-state index contributed by atoms with van der Waals surface area (Å²) in [4.78, 5) is 12.1. The summed E-state index contributed by atoms with van der Waals surface area (Å²) in [5.74, 6) is 0.842. The highest BCUT2D eigenvalue weighted by atomic mass is 16.6. The third kappa shape index (κ3) is 3.26. The minimum atomic E-state index is -0.772. The van der Waals surface area contributed by atoms with Gasteiger partial charge in [-0.2, -0.15) is 5.10 Å². The van der Waals surface area contributed by atoms with Crippen LogP contribution in [0.2, 0.25) is 0 Å². The van der Waals surface area contributed by atoms with Gasteiger partial charge >= 0.3 is 0 Å².